The predicted molar refractivity (Wildman–Crippen MR) is 83.6 cm³/mol. The first-order chi connectivity index (χ1) is 8.74. The smallest absolute Gasteiger partial charge is 0.157 e. The molecule has 0 radical (unpaired) electrons. The van der Waals surface area contributed by atoms with Crippen molar-refractivity contribution >= 4 is 28.3 Å². The first kappa shape index (κ1) is 13.9. The van der Waals surface area contributed by atoms with E-state index in [0.717, 1.165) is 17.6 Å². The van der Waals surface area contributed by atoms with Crippen LogP contribution in [0.1, 0.15) is 45.2 Å². The third-order valence-corrected chi connectivity index (χ3v) is 5.64. The molecule has 18 heavy (non-hydrogen) atoms. The molecule has 0 bridgehead atoms. The van der Waals surface area contributed by atoms with Crippen LogP contribution in [0, 0.1) is 5.92 Å². The van der Waals surface area contributed by atoms with Gasteiger partial charge < -0.3 is 5.32 Å². The Labute approximate surface area is 118 Å². The maximum atomic E-state index is 4.66. The minimum atomic E-state index is 0.364. The number of amidine groups is 1. The van der Waals surface area contributed by atoms with Crippen LogP contribution in [0.2, 0.25) is 0 Å². The number of thioether (sulfide) groups is 1. The topological polar surface area (TPSA) is 24.4 Å². The second kappa shape index (κ2) is 6.62. The van der Waals surface area contributed by atoms with E-state index in [1.807, 2.05) is 11.8 Å². The largest absolute Gasteiger partial charge is 0.358 e. The van der Waals surface area contributed by atoms with Crippen molar-refractivity contribution in [1.82, 2.24) is 5.32 Å². The first-order valence-corrected chi connectivity index (χ1v) is 8.56. The van der Waals surface area contributed by atoms with Crippen LogP contribution in [-0.4, -0.2) is 17.0 Å². The summed E-state index contributed by atoms with van der Waals surface area (Å²) in [4.78, 5) is 4.66. The summed E-state index contributed by atoms with van der Waals surface area (Å²) in [6, 6.07) is 2.55. The molecular weight excluding hydrogens is 260 g/mol. The summed E-state index contributed by atoms with van der Waals surface area (Å²) in [5.41, 5.74) is 1.36. The molecule has 0 aromatic carbocycles. The minimum Gasteiger partial charge on any atom is -0.358 e. The molecule has 1 N–H and O–H groups in total. The van der Waals surface area contributed by atoms with Gasteiger partial charge in [0.1, 0.15) is 0 Å². The fourth-order valence-corrected chi connectivity index (χ4v) is 4.48. The lowest BCUT2D eigenvalue weighted by molar-refractivity contribution is 0.479. The maximum Gasteiger partial charge on any atom is 0.157 e. The molecular formula is C14H22N2S2. The fraction of sp³-hybridized carbons (Fsp3) is 0.643. The van der Waals surface area contributed by atoms with Gasteiger partial charge in [0.25, 0.3) is 0 Å². The molecule has 1 aliphatic heterocycles. The van der Waals surface area contributed by atoms with Crippen molar-refractivity contribution in [3.05, 3.63) is 22.4 Å². The molecule has 0 saturated heterocycles. The van der Waals surface area contributed by atoms with Crippen LogP contribution in [0.4, 0.5) is 0 Å². The summed E-state index contributed by atoms with van der Waals surface area (Å²) in [6.07, 6.45) is 2.52. The number of nitrogens with one attached hydrogen (secondary N) is 1. The highest BCUT2D eigenvalue weighted by Crippen LogP contribution is 2.31. The van der Waals surface area contributed by atoms with Gasteiger partial charge in [0.05, 0.1) is 12.6 Å². The zero-order chi connectivity index (χ0) is 13.0. The zero-order valence-electron chi connectivity index (χ0n) is 11.3. The van der Waals surface area contributed by atoms with Gasteiger partial charge in [0.15, 0.2) is 5.17 Å². The average Bonchev–Trinajstić information content (AvgIpc) is 3.01. The van der Waals surface area contributed by atoms with E-state index < -0.39 is 0 Å². The molecule has 1 aromatic rings. The van der Waals surface area contributed by atoms with Gasteiger partial charge in [-0.1, -0.05) is 38.5 Å². The SMILES string of the molecule is CCC(CC)C1CN=C(NC(C)c2ccsc2)S1. The molecule has 2 nitrogen and oxygen atoms in total. The standard InChI is InChI=1S/C14H22N2S2/c1-4-11(5-2)13-8-15-14(18-13)16-10(3)12-6-7-17-9-12/h6-7,9-11,13H,4-5,8H2,1-3H3,(H,15,16). The van der Waals surface area contributed by atoms with Gasteiger partial charge >= 0.3 is 0 Å². The van der Waals surface area contributed by atoms with E-state index >= 15 is 0 Å². The molecule has 2 atom stereocenters. The molecule has 100 valence electrons. The molecule has 1 aliphatic rings. The Morgan fingerprint density at radius 1 is 1.44 bits per heavy atom. The Morgan fingerprint density at radius 3 is 2.83 bits per heavy atom. The average molecular weight is 282 g/mol. The molecule has 0 spiro atoms. The van der Waals surface area contributed by atoms with Gasteiger partial charge in [-0.3, -0.25) is 4.99 Å². The van der Waals surface area contributed by atoms with E-state index in [1.165, 1.54) is 18.4 Å². The van der Waals surface area contributed by atoms with Gasteiger partial charge in [-0.2, -0.15) is 11.3 Å². The number of hydrogen-bond donors (Lipinski definition) is 1. The minimum absolute atomic E-state index is 0.364. The van der Waals surface area contributed by atoms with Crippen molar-refractivity contribution in [2.45, 2.75) is 44.9 Å². The fourth-order valence-electron chi connectivity index (χ4n) is 2.32. The van der Waals surface area contributed by atoms with Crippen molar-refractivity contribution in [3.8, 4) is 0 Å². The summed E-state index contributed by atoms with van der Waals surface area (Å²) >= 11 is 3.69. The van der Waals surface area contributed by atoms with Crippen LogP contribution < -0.4 is 5.32 Å². The van der Waals surface area contributed by atoms with Gasteiger partial charge in [0.2, 0.25) is 0 Å². The number of thiophene rings is 1. The molecule has 2 heterocycles. The zero-order valence-corrected chi connectivity index (χ0v) is 13.0. The van der Waals surface area contributed by atoms with E-state index in [9.17, 15) is 0 Å². The highest BCUT2D eigenvalue weighted by atomic mass is 32.2. The Hall–Kier alpha value is -0.480. The lowest BCUT2D eigenvalue weighted by Crippen LogP contribution is -2.24. The van der Waals surface area contributed by atoms with Crippen LogP contribution in [0.15, 0.2) is 21.8 Å². The normalized spacial score (nSPS) is 21.1. The number of aliphatic imine (C=N–C) groups is 1. The van der Waals surface area contributed by atoms with Crippen LogP contribution in [0.3, 0.4) is 0 Å². The Bertz CT molecular complexity index is 383. The van der Waals surface area contributed by atoms with E-state index in [0.29, 0.717) is 11.3 Å². The van der Waals surface area contributed by atoms with Gasteiger partial charge in [-0.15, -0.1) is 0 Å². The molecule has 2 rings (SSSR count). The second-order valence-corrected chi connectivity index (χ2v) is 6.81. The first-order valence-electron chi connectivity index (χ1n) is 6.74. The summed E-state index contributed by atoms with van der Waals surface area (Å²) in [6.45, 7) is 7.76. The molecule has 1 aromatic heterocycles. The summed E-state index contributed by atoms with van der Waals surface area (Å²) in [7, 11) is 0. The van der Waals surface area contributed by atoms with Crippen molar-refractivity contribution < 1.29 is 0 Å². The number of nitrogens with zero attached hydrogens (tertiary/aromatic N) is 1. The Kier molecular flexibility index (Phi) is 5.13. The maximum absolute atomic E-state index is 4.66. The van der Waals surface area contributed by atoms with E-state index in [1.54, 1.807) is 11.3 Å². The highest BCUT2D eigenvalue weighted by molar-refractivity contribution is 8.14. The van der Waals surface area contributed by atoms with Gasteiger partial charge in [-0.05, 0) is 35.2 Å². The number of hydrogen-bond acceptors (Lipinski definition) is 4. The Morgan fingerprint density at radius 2 is 2.22 bits per heavy atom. The predicted octanol–water partition coefficient (Wildman–Crippen LogP) is 4.31. The number of rotatable bonds is 5. The quantitative estimate of drug-likeness (QED) is 0.870. The van der Waals surface area contributed by atoms with Gasteiger partial charge in [0, 0.05) is 5.25 Å². The van der Waals surface area contributed by atoms with E-state index in [2.05, 4.69) is 47.9 Å². The van der Waals surface area contributed by atoms with Crippen molar-refractivity contribution in [2.75, 3.05) is 6.54 Å². The van der Waals surface area contributed by atoms with Crippen LogP contribution in [0.5, 0.6) is 0 Å². The lowest BCUT2D eigenvalue weighted by atomic mass is 9.99. The van der Waals surface area contributed by atoms with Crippen molar-refractivity contribution in [1.29, 1.82) is 0 Å². The molecule has 0 fully saturated rings. The molecule has 0 amide bonds. The highest BCUT2D eigenvalue weighted by Gasteiger charge is 2.26. The molecule has 0 saturated carbocycles. The molecule has 2 unspecified atom stereocenters. The third-order valence-electron chi connectivity index (χ3n) is 3.64. The Balaban J connectivity index is 1.86. The van der Waals surface area contributed by atoms with Gasteiger partial charge in [-0.25, -0.2) is 0 Å². The monoisotopic (exact) mass is 282 g/mol. The summed E-state index contributed by atoms with van der Waals surface area (Å²) in [5.74, 6) is 0.800. The van der Waals surface area contributed by atoms with Crippen LogP contribution >= 0.6 is 23.1 Å². The lowest BCUT2D eigenvalue weighted by Gasteiger charge is -2.19. The third kappa shape index (κ3) is 3.29. The molecule has 0 aliphatic carbocycles. The van der Waals surface area contributed by atoms with Crippen molar-refractivity contribution in [3.63, 3.8) is 0 Å². The van der Waals surface area contributed by atoms with E-state index in [4.69, 9.17) is 0 Å². The summed E-state index contributed by atoms with van der Waals surface area (Å²) < 4.78 is 0. The van der Waals surface area contributed by atoms with E-state index in [-0.39, 0.29) is 0 Å². The summed E-state index contributed by atoms with van der Waals surface area (Å²) in [5, 5.41) is 9.68. The van der Waals surface area contributed by atoms with Crippen LogP contribution in [0.25, 0.3) is 0 Å². The molecule has 4 heteroatoms. The second-order valence-electron chi connectivity index (χ2n) is 4.80. The van der Waals surface area contributed by atoms with Crippen molar-refractivity contribution in [2.24, 2.45) is 10.9 Å². The van der Waals surface area contributed by atoms with Crippen LogP contribution in [-0.2, 0) is 0 Å².